The van der Waals surface area contributed by atoms with Crippen molar-refractivity contribution in [3.05, 3.63) is 41.3 Å². The smallest absolute Gasteiger partial charge is 0.381 e. The molecule has 0 bridgehead atoms. The molecule has 0 saturated carbocycles. The van der Waals surface area contributed by atoms with E-state index in [0.717, 1.165) is 24.3 Å². The van der Waals surface area contributed by atoms with Crippen LogP contribution in [0.1, 0.15) is 43.5 Å². The van der Waals surface area contributed by atoms with Crippen molar-refractivity contribution in [2.24, 2.45) is 0 Å². The summed E-state index contributed by atoms with van der Waals surface area (Å²) in [4.78, 5) is 16.9. The second-order valence-electron chi connectivity index (χ2n) is 8.59. The van der Waals surface area contributed by atoms with Crippen molar-refractivity contribution in [1.29, 1.82) is 0 Å². The SMILES string of the molecule is CCCNc1nccc(-c2sc(C3CCOCC3)nc2-c2cccc(NS(=O)CCC(F)(F)OF)c2F)n1. The highest BCUT2D eigenvalue weighted by Gasteiger charge is 2.32. The maximum Gasteiger partial charge on any atom is 0.387 e. The average Bonchev–Trinajstić information content (AvgIpc) is 3.38. The van der Waals surface area contributed by atoms with Gasteiger partial charge in [0.25, 0.3) is 0 Å². The van der Waals surface area contributed by atoms with Gasteiger partial charge >= 0.3 is 6.11 Å². The summed E-state index contributed by atoms with van der Waals surface area (Å²) in [6.45, 7) is 3.93. The van der Waals surface area contributed by atoms with Crippen LogP contribution in [0.15, 0.2) is 30.5 Å². The van der Waals surface area contributed by atoms with Crippen molar-refractivity contribution < 1.29 is 31.6 Å². The minimum Gasteiger partial charge on any atom is -0.381 e. The first kappa shape index (κ1) is 28.3. The maximum absolute atomic E-state index is 15.7. The lowest BCUT2D eigenvalue weighted by Crippen LogP contribution is -2.22. The van der Waals surface area contributed by atoms with Crippen LogP contribution in [-0.2, 0) is 20.7 Å². The van der Waals surface area contributed by atoms with Gasteiger partial charge in [-0.25, -0.2) is 23.6 Å². The number of thiazole rings is 1. The minimum atomic E-state index is -4.07. The van der Waals surface area contributed by atoms with Gasteiger partial charge in [0.05, 0.1) is 39.1 Å². The molecule has 0 radical (unpaired) electrons. The van der Waals surface area contributed by atoms with Gasteiger partial charge in [-0.15, -0.1) is 16.3 Å². The first-order valence-corrected chi connectivity index (χ1v) is 14.2. The lowest BCUT2D eigenvalue weighted by atomic mass is 10.0. The summed E-state index contributed by atoms with van der Waals surface area (Å²) in [6, 6.07) is 6.15. The second kappa shape index (κ2) is 12.9. The molecule has 8 nitrogen and oxygen atoms in total. The average molecular weight is 574 g/mol. The van der Waals surface area contributed by atoms with Crippen molar-refractivity contribution in [3.8, 4) is 21.8 Å². The molecule has 2 N–H and O–H groups in total. The van der Waals surface area contributed by atoms with Crippen LogP contribution in [0.4, 0.5) is 29.3 Å². The number of nitrogens with zero attached hydrogens (tertiary/aromatic N) is 3. The molecule has 1 aromatic carbocycles. The number of halogens is 4. The number of alkyl halides is 2. The Hall–Kier alpha value is -2.68. The Morgan fingerprint density at radius 1 is 1.24 bits per heavy atom. The standard InChI is InChI=1S/C24H27F4N5O3S2/c1-2-10-29-23-30-11-6-18(31-23)21-20(32-22(37-21)15-7-12-35-13-8-15)16-4-3-5-17(19(16)25)33-38(34)14-9-24(26,27)36-28/h3-6,11,15,33H,2,7-10,12-14H2,1H3,(H,29,30,31). The third kappa shape index (κ3) is 7.04. The zero-order chi connectivity index (χ0) is 27.1. The number of hydrogen-bond acceptors (Lipinski definition) is 8. The Labute approximate surface area is 223 Å². The quantitative estimate of drug-likeness (QED) is 0.253. The summed E-state index contributed by atoms with van der Waals surface area (Å²) in [7, 11) is -2.12. The van der Waals surface area contributed by atoms with E-state index in [4.69, 9.17) is 9.72 Å². The van der Waals surface area contributed by atoms with Crippen molar-refractivity contribution >= 4 is 34.0 Å². The number of rotatable bonds is 12. The predicted octanol–water partition coefficient (Wildman–Crippen LogP) is 6.08. The molecule has 38 heavy (non-hydrogen) atoms. The van der Waals surface area contributed by atoms with Crippen molar-refractivity contribution in [2.45, 2.75) is 44.6 Å². The van der Waals surface area contributed by atoms with Gasteiger partial charge in [-0.2, -0.15) is 8.78 Å². The molecule has 1 aliphatic heterocycles. The van der Waals surface area contributed by atoms with Gasteiger partial charge in [-0.3, -0.25) is 0 Å². The van der Waals surface area contributed by atoms with Gasteiger partial charge < -0.3 is 14.8 Å². The molecule has 0 amide bonds. The normalized spacial score (nSPS) is 15.4. The van der Waals surface area contributed by atoms with Gasteiger partial charge in [-0.1, -0.05) is 13.0 Å². The molecule has 0 aliphatic carbocycles. The van der Waals surface area contributed by atoms with E-state index in [0.29, 0.717) is 42.0 Å². The van der Waals surface area contributed by atoms with Crippen LogP contribution >= 0.6 is 11.3 Å². The van der Waals surface area contributed by atoms with Crippen LogP contribution in [0.3, 0.4) is 0 Å². The Balaban J connectivity index is 1.69. The van der Waals surface area contributed by atoms with Crippen LogP contribution in [0.5, 0.6) is 0 Å². The fourth-order valence-corrected chi connectivity index (χ4v) is 5.98. The minimum absolute atomic E-state index is 0.135. The molecule has 1 unspecified atom stereocenters. The Bertz CT molecular complexity index is 1260. The molecular formula is C24H27F4N5O3S2. The summed E-state index contributed by atoms with van der Waals surface area (Å²) in [5.74, 6) is -0.822. The Morgan fingerprint density at radius 3 is 2.76 bits per heavy atom. The van der Waals surface area contributed by atoms with Gasteiger partial charge in [0, 0.05) is 37.4 Å². The number of nitrogens with one attached hydrogen (secondary N) is 2. The zero-order valence-corrected chi connectivity index (χ0v) is 22.1. The molecule has 2 aromatic heterocycles. The highest BCUT2D eigenvalue weighted by atomic mass is 32.2. The number of anilines is 2. The van der Waals surface area contributed by atoms with Crippen molar-refractivity contribution in [3.63, 3.8) is 0 Å². The largest absolute Gasteiger partial charge is 0.387 e. The third-order valence-electron chi connectivity index (χ3n) is 5.80. The Kier molecular flexibility index (Phi) is 9.63. The fraction of sp³-hybridized carbons (Fsp3) is 0.458. The van der Waals surface area contributed by atoms with E-state index in [1.165, 1.54) is 23.5 Å². The second-order valence-corrected chi connectivity index (χ2v) is 10.9. The number of aromatic nitrogens is 3. The van der Waals surface area contributed by atoms with E-state index in [2.05, 4.69) is 24.9 Å². The van der Waals surface area contributed by atoms with Crippen LogP contribution in [0, 0.1) is 5.82 Å². The van der Waals surface area contributed by atoms with E-state index in [1.807, 2.05) is 6.92 Å². The van der Waals surface area contributed by atoms with Crippen molar-refractivity contribution in [2.75, 3.05) is 35.6 Å². The summed E-state index contributed by atoms with van der Waals surface area (Å²) < 4.78 is 73.8. The lowest BCUT2D eigenvalue weighted by Gasteiger charge is -2.19. The van der Waals surface area contributed by atoms with Gasteiger partial charge in [-0.05, 0) is 42.0 Å². The van der Waals surface area contributed by atoms with Gasteiger partial charge in [0.1, 0.15) is 11.0 Å². The molecule has 3 aromatic rings. The predicted molar refractivity (Wildman–Crippen MR) is 138 cm³/mol. The molecule has 206 valence electrons. The molecule has 1 aliphatic rings. The van der Waals surface area contributed by atoms with E-state index in [1.54, 1.807) is 18.3 Å². The van der Waals surface area contributed by atoms with E-state index in [-0.39, 0.29) is 17.2 Å². The first-order chi connectivity index (χ1) is 18.3. The van der Waals surface area contributed by atoms with Crippen LogP contribution in [-0.4, -0.2) is 50.8 Å². The van der Waals surface area contributed by atoms with Crippen molar-refractivity contribution in [1.82, 2.24) is 15.0 Å². The van der Waals surface area contributed by atoms with E-state index < -0.39 is 35.1 Å². The molecular weight excluding hydrogens is 546 g/mol. The van der Waals surface area contributed by atoms with E-state index in [9.17, 15) is 17.5 Å². The first-order valence-electron chi connectivity index (χ1n) is 12.1. The van der Waals surface area contributed by atoms with E-state index >= 15 is 4.39 Å². The number of benzene rings is 1. The summed E-state index contributed by atoms with van der Waals surface area (Å²) in [5.41, 5.74) is 0.903. The molecule has 0 spiro atoms. The van der Waals surface area contributed by atoms with Gasteiger partial charge in [0.15, 0.2) is 5.82 Å². The van der Waals surface area contributed by atoms with Crippen LogP contribution < -0.4 is 10.0 Å². The fourth-order valence-electron chi connectivity index (χ4n) is 3.84. The lowest BCUT2D eigenvalue weighted by molar-refractivity contribution is -0.354. The Morgan fingerprint density at radius 2 is 2.03 bits per heavy atom. The molecule has 1 saturated heterocycles. The highest BCUT2D eigenvalue weighted by Crippen LogP contribution is 2.42. The monoisotopic (exact) mass is 573 g/mol. The molecule has 3 heterocycles. The molecule has 1 atom stereocenters. The topological polar surface area (TPSA) is 98.3 Å². The molecule has 14 heteroatoms. The number of ether oxygens (including phenoxy) is 1. The molecule has 1 fully saturated rings. The van der Waals surface area contributed by atoms with Crippen LogP contribution in [0.25, 0.3) is 21.8 Å². The van der Waals surface area contributed by atoms with Crippen LogP contribution in [0.2, 0.25) is 0 Å². The highest BCUT2D eigenvalue weighted by molar-refractivity contribution is 7.86. The summed E-state index contributed by atoms with van der Waals surface area (Å²) in [6.07, 6.45) is -1.14. The summed E-state index contributed by atoms with van der Waals surface area (Å²) >= 11 is 1.42. The number of hydrogen-bond donors (Lipinski definition) is 2. The third-order valence-corrected chi connectivity index (χ3v) is 8.07. The molecule has 4 rings (SSSR count). The maximum atomic E-state index is 15.7. The van der Waals surface area contributed by atoms with Gasteiger partial charge in [0.2, 0.25) is 5.95 Å². The summed E-state index contributed by atoms with van der Waals surface area (Å²) in [5, 5.41) is 3.97. The zero-order valence-electron chi connectivity index (χ0n) is 20.5.